The van der Waals surface area contributed by atoms with Crippen molar-refractivity contribution in [2.75, 3.05) is 6.61 Å². The zero-order valence-electron chi connectivity index (χ0n) is 18.9. The molecule has 1 heterocycles. The van der Waals surface area contributed by atoms with Crippen molar-refractivity contribution in [3.05, 3.63) is 101 Å². The Hall–Kier alpha value is -3.86. The van der Waals surface area contributed by atoms with Crippen molar-refractivity contribution < 1.29 is 13.2 Å². The van der Waals surface area contributed by atoms with Crippen molar-refractivity contribution in [3.63, 3.8) is 0 Å². The number of benzene rings is 3. The summed E-state index contributed by atoms with van der Waals surface area (Å²) in [5.74, 6) is 0.734. The van der Waals surface area contributed by atoms with Crippen molar-refractivity contribution in [1.82, 2.24) is 9.78 Å². The molecule has 4 rings (SSSR count). The fourth-order valence-electron chi connectivity index (χ4n) is 3.41. The Morgan fingerprint density at radius 1 is 1.06 bits per heavy atom. The third kappa shape index (κ3) is 5.46. The first kappa shape index (κ1) is 24.3. The van der Waals surface area contributed by atoms with E-state index in [0.29, 0.717) is 22.9 Å². The minimum Gasteiger partial charge on any atom is -0.494 e. The van der Waals surface area contributed by atoms with Gasteiger partial charge in [0.15, 0.2) is 0 Å². The van der Waals surface area contributed by atoms with Crippen LogP contribution in [0, 0.1) is 11.3 Å². The predicted molar refractivity (Wildman–Crippen MR) is 137 cm³/mol. The van der Waals surface area contributed by atoms with E-state index in [-0.39, 0.29) is 4.90 Å². The monoisotopic (exact) mass is 503 g/mol. The van der Waals surface area contributed by atoms with Crippen LogP contribution in [0.15, 0.2) is 94.9 Å². The van der Waals surface area contributed by atoms with Crippen LogP contribution >= 0.6 is 11.6 Å². The number of para-hydroxylation sites is 1. The second kappa shape index (κ2) is 10.6. The lowest BCUT2D eigenvalue weighted by Gasteiger charge is -2.06. The van der Waals surface area contributed by atoms with E-state index >= 15 is 0 Å². The molecule has 0 aliphatic heterocycles. The van der Waals surface area contributed by atoms with Gasteiger partial charge in [0.25, 0.3) is 0 Å². The number of sulfone groups is 1. The van der Waals surface area contributed by atoms with E-state index in [1.165, 1.54) is 30.3 Å². The maximum absolute atomic E-state index is 13.2. The van der Waals surface area contributed by atoms with Gasteiger partial charge in [0.1, 0.15) is 22.4 Å². The second-order valence-electron chi connectivity index (χ2n) is 7.66. The average molecular weight is 504 g/mol. The summed E-state index contributed by atoms with van der Waals surface area (Å²) < 4.78 is 33.7. The molecular formula is C27H22ClN3O3S. The van der Waals surface area contributed by atoms with Gasteiger partial charge >= 0.3 is 0 Å². The normalized spacial score (nSPS) is 11.7. The molecule has 0 radical (unpaired) electrons. The van der Waals surface area contributed by atoms with E-state index in [4.69, 9.17) is 21.4 Å². The number of ether oxygens (including phenoxy) is 1. The third-order valence-electron chi connectivity index (χ3n) is 5.17. The highest BCUT2D eigenvalue weighted by molar-refractivity contribution is 7.95. The maximum Gasteiger partial charge on any atom is 0.216 e. The van der Waals surface area contributed by atoms with E-state index in [9.17, 15) is 13.7 Å². The number of halogens is 1. The molecule has 0 fully saturated rings. The van der Waals surface area contributed by atoms with Crippen molar-refractivity contribution in [3.8, 4) is 28.8 Å². The van der Waals surface area contributed by atoms with Crippen LogP contribution in [0.3, 0.4) is 0 Å². The molecule has 4 aromatic rings. The lowest BCUT2D eigenvalue weighted by molar-refractivity contribution is 0.317. The van der Waals surface area contributed by atoms with Crippen LogP contribution in [0.2, 0.25) is 5.02 Å². The summed E-state index contributed by atoms with van der Waals surface area (Å²) in [5, 5.41) is 14.9. The molecule has 176 valence electrons. The average Bonchev–Trinajstić information content (AvgIpc) is 3.31. The van der Waals surface area contributed by atoms with Crippen molar-refractivity contribution in [2.24, 2.45) is 0 Å². The Morgan fingerprint density at radius 3 is 2.37 bits per heavy atom. The molecule has 0 atom stereocenters. The molecule has 0 bridgehead atoms. The smallest absolute Gasteiger partial charge is 0.216 e. The van der Waals surface area contributed by atoms with Crippen molar-refractivity contribution in [2.45, 2.75) is 18.2 Å². The molecule has 0 aliphatic rings. The van der Waals surface area contributed by atoms with Gasteiger partial charge in [-0.05, 0) is 73.2 Å². The predicted octanol–water partition coefficient (Wildman–Crippen LogP) is 6.32. The van der Waals surface area contributed by atoms with Gasteiger partial charge in [0.2, 0.25) is 9.84 Å². The fraction of sp³-hybridized carbons (Fsp3) is 0.111. The summed E-state index contributed by atoms with van der Waals surface area (Å²) in [6.45, 7) is 2.65. The largest absolute Gasteiger partial charge is 0.494 e. The third-order valence-corrected chi connectivity index (χ3v) is 7.11. The van der Waals surface area contributed by atoms with Crippen molar-refractivity contribution >= 4 is 27.5 Å². The minimum absolute atomic E-state index is 0.0101. The number of nitrogens with zero attached hydrogens (tertiary/aromatic N) is 3. The van der Waals surface area contributed by atoms with Crippen LogP contribution in [0.25, 0.3) is 23.0 Å². The lowest BCUT2D eigenvalue weighted by atomic mass is 10.1. The number of hydrogen-bond donors (Lipinski definition) is 0. The Balaban J connectivity index is 1.82. The van der Waals surface area contributed by atoms with Gasteiger partial charge in [-0.15, -0.1) is 0 Å². The summed E-state index contributed by atoms with van der Waals surface area (Å²) in [6.07, 6.45) is 3.96. The zero-order valence-corrected chi connectivity index (χ0v) is 20.5. The van der Waals surface area contributed by atoms with Gasteiger partial charge in [-0.3, -0.25) is 0 Å². The van der Waals surface area contributed by atoms with Crippen molar-refractivity contribution in [1.29, 1.82) is 5.26 Å². The van der Waals surface area contributed by atoms with Gasteiger partial charge in [-0.2, -0.15) is 10.4 Å². The second-order valence-corrected chi connectivity index (χ2v) is 10.0. The number of allylic oxidation sites excluding steroid dienone is 1. The van der Waals surface area contributed by atoms with E-state index in [1.54, 1.807) is 10.9 Å². The first-order chi connectivity index (χ1) is 16.9. The standard InChI is InChI=1S/C27H22ClN3O3S/c1-2-16-34-24-12-8-20(9-13-24)27-21(19-31(30-27)23-6-4-3-5-7-23)17-26(18-29)35(32,33)25-14-10-22(28)11-15-25/h3-15,17,19H,2,16H2,1H3/b26-17-. The molecule has 0 amide bonds. The van der Waals surface area contributed by atoms with E-state index < -0.39 is 14.7 Å². The molecule has 8 heteroatoms. The quantitative estimate of drug-likeness (QED) is 0.263. The fourth-order valence-corrected chi connectivity index (χ4v) is 4.69. The van der Waals surface area contributed by atoms with E-state index in [0.717, 1.165) is 23.4 Å². The van der Waals surface area contributed by atoms with Crippen LogP contribution in [0.1, 0.15) is 18.9 Å². The van der Waals surface area contributed by atoms with Gasteiger partial charge < -0.3 is 4.74 Å². The first-order valence-corrected chi connectivity index (χ1v) is 12.8. The number of rotatable bonds is 8. The van der Waals surface area contributed by atoms with Gasteiger partial charge in [0, 0.05) is 22.3 Å². The summed E-state index contributed by atoms with van der Waals surface area (Å²) in [4.78, 5) is -0.402. The van der Waals surface area contributed by atoms with Gasteiger partial charge in [-0.1, -0.05) is 36.7 Å². The summed E-state index contributed by atoms with van der Waals surface area (Å²) >= 11 is 5.90. The molecule has 0 spiro atoms. The number of aromatic nitrogens is 2. The minimum atomic E-state index is -4.05. The molecule has 35 heavy (non-hydrogen) atoms. The summed E-state index contributed by atoms with van der Waals surface area (Å²) in [5.41, 5.74) is 2.59. The Labute approximate surface area is 209 Å². The first-order valence-electron chi connectivity index (χ1n) is 10.9. The molecular weight excluding hydrogens is 482 g/mol. The Bertz CT molecular complexity index is 1490. The lowest BCUT2D eigenvalue weighted by Crippen LogP contribution is -2.03. The highest BCUT2D eigenvalue weighted by atomic mass is 35.5. The van der Waals surface area contributed by atoms with E-state index in [1.807, 2.05) is 67.6 Å². The van der Waals surface area contributed by atoms with Gasteiger partial charge in [0.05, 0.1) is 17.2 Å². The Morgan fingerprint density at radius 2 is 1.74 bits per heavy atom. The SMILES string of the molecule is CCCOc1ccc(-c2nn(-c3ccccc3)cc2/C=C(/C#N)S(=O)(=O)c2ccc(Cl)cc2)cc1. The molecule has 0 saturated heterocycles. The summed E-state index contributed by atoms with van der Waals surface area (Å²) in [6, 6.07) is 24.4. The van der Waals surface area contributed by atoms with Gasteiger partial charge in [-0.25, -0.2) is 13.1 Å². The number of hydrogen-bond acceptors (Lipinski definition) is 5. The molecule has 0 aliphatic carbocycles. The van der Waals surface area contributed by atoms with Crippen LogP contribution in [0.4, 0.5) is 0 Å². The molecule has 3 aromatic carbocycles. The van der Waals surface area contributed by atoms with Crippen LogP contribution < -0.4 is 4.74 Å². The Kier molecular flexibility index (Phi) is 7.35. The van der Waals surface area contributed by atoms with Crippen LogP contribution in [0.5, 0.6) is 5.75 Å². The molecule has 0 unspecified atom stereocenters. The molecule has 6 nitrogen and oxygen atoms in total. The molecule has 1 aromatic heterocycles. The van der Waals surface area contributed by atoms with Crippen LogP contribution in [-0.4, -0.2) is 24.8 Å². The maximum atomic E-state index is 13.2. The van der Waals surface area contributed by atoms with Crippen LogP contribution in [-0.2, 0) is 9.84 Å². The van der Waals surface area contributed by atoms with E-state index in [2.05, 4.69) is 0 Å². The number of nitriles is 1. The highest BCUT2D eigenvalue weighted by Gasteiger charge is 2.22. The summed E-state index contributed by atoms with van der Waals surface area (Å²) in [7, 11) is -4.05. The highest BCUT2D eigenvalue weighted by Crippen LogP contribution is 2.30. The molecule has 0 N–H and O–H groups in total. The topological polar surface area (TPSA) is 85.0 Å². The molecule has 0 saturated carbocycles. The zero-order chi connectivity index (χ0) is 24.8.